The molecule has 0 spiro atoms. The lowest BCUT2D eigenvalue weighted by atomic mass is 10.2. The van der Waals surface area contributed by atoms with Crippen LogP contribution in [0.1, 0.15) is 17.3 Å². The van der Waals surface area contributed by atoms with Crippen LogP contribution in [-0.4, -0.2) is 25.7 Å². The van der Waals surface area contributed by atoms with E-state index >= 15 is 0 Å². The van der Waals surface area contributed by atoms with Crippen LogP contribution < -0.4 is 10.1 Å². The minimum Gasteiger partial charge on any atom is -0.491 e. The summed E-state index contributed by atoms with van der Waals surface area (Å²) in [4.78, 5) is 12.2. The van der Waals surface area contributed by atoms with Gasteiger partial charge in [-0.3, -0.25) is 4.79 Å². The zero-order valence-corrected chi connectivity index (χ0v) is 13.4. The molecule has 23 heavy (non-hydrogen) atoms. The molecule has 0 unspecified atom stereocenters. The molecule has 0 atom stereocenters. The lowest BCUT2D eigenvalue weighted by Gasteiger charge is -2.09. The zero-order valence-electron chi connectivity index (χ0n) is 12.6. The van der Waals surface area contributed by atoms with E-state index in [-0.39, 0.29) is 10.9 Å². The van der Waals surface area contributed by atoms with Gasteiger partial charge in [-0.1, -0.05) is 17.7 Å². The first-order chi connectivity index (χ1) is 11.1. The Labute approximate surface area is 139 Å². The molecule has 4 nitrogen and oxygen atoms in total. The second kappa shape index (κ2) is 8.50. The van der Waals surface area contributed by atoms with Crippen molar-refractivity contribution >= 4 is 23.2 Å². The number of halogens is 2. The quantitative estimate of drug-likeness (QED) is 0.772. The molecule has 1 amide bonds. The first-order valence-electron chi connectivity index (χ1n) is 7.17. The van der Waals surface area contributed by atoms with Crippen LogP contribution in [0.2, 0.25) is 5.02 Å². The highest BCUT2D eigenvalue weighted by atomic mass is 35.5. The molecule has 0 fully saturated rings. The standard InChI is InChI=1S/C17H17ClFNO3/c1-2-22-8-9-23-14-5-3-4-12(10-14)17(21)20-13-6-7-16(19)15(18)11-13/h3-7,10-11H,2,8-9H2,1H3,(H,20,21). The van der Waals surface area contributed by atoms with E-state index in [0.717, 1.165) is 0 Å². The van der Waals surface area contributed by atoms with E-state index in [1.165, 1.54) is 18.2 Å². The van der Waals surface area contributed by atoms with Gasteiger partial charge in [-0.05, 0) is 43.3 Å². The number of carbonyl (C=O) groups is 1. The van der Waals surface area contributed by atoms with Crippen LogP contribution in [0.3, 0.4) is 0 Å². The predicted octanol–water partition coefficient (Wildman–Crippen LogP) is 4.15. The number of benzene rings is 2. The Bertz CT molecular complexity index is 679. The van der Waals surface area contributed by atoms with Crippen molar-refractivity contribution in [2.45, 2.75) is 6.92 Å². The van der Waals surface area contributed by atoms with Crippen LogP contribution in [0.15, 0.2) is 42.5 Å². The van der Waals surface area contributed by atoms with E-state index in [4.69, 9.17) is 21.1 Å². The van der Waals surface area contributed by atoms with Gasteiger partial charge >= 0.3 is 0 Å². The smallest absolute Gasteiger partial charge is 0.255 e. The van der Waals surface area contributed by atoms with Crippen LogP contribution in [0.4, 0.5) is 10.1 Å². The molecule has 0 aromatic heterocycles. The number of hydrogen-bond donors (Lipinski definition) is 1. The third kappa shape index (κ3) is 5.23. The van der Waals surface area contributed by atoms with Gasteiger partial charge in [0, 0.05) is 17.9 Å². The molecule has 1 N–H and O–H groups in total. The number of hydrogen-bond acceptors (Lipinski definition) is 3. The van der Waals surface area contributed by atoms with Crippen molar-refractivity contribution in [1.82, 2.24) is 0 Å². The SMILES string of the molecule is CCOCCOc1cccc(C(=O)Nc2ccc(F)c(Cl)c2)c1. The number of ether oxygens (including phenoxy) is 2. The Morgan fingerprint density at radius 2 is 2.04 bits per heavy atom. The van der Waals surface area contributed by atoms with Gasteiger partial charge in [0.15, 0.2) is 0 Å². The first-order valence-corrected chi connectivity index (χ1v) is 7.55. The van der Waals surface area contributed by atoms with Crippen LogP contribution in [0.5, 0.6) is 5.75 Å². The van der Waals surface area contributed by atoms with Crippen LogP contribution in [-0.2, 0) is 4.74 Å². The monoisotopic (exact) mass is 337 g/mol. The Balaban J connectivity index is 2.00. The molecule has 2 aromatic rings. The van der Waals surface area contributed by atoms with Gasteiger partial charge in [0.2, 0.25) is 0 Å². The van der Waals surface area contributed by atoms with E-state index in [9.17, 15) is 9.18 Å². The molecule has 2 rings (SSSR count). The fourth-order valence-electron chi connectivity index (χ4n) is 1.87. The average molecular weight is 338 g/mol. The van der Waals surface area contributed by atoms with Crippen molar-refractivity contribution in [3.8, 4) is 5.75 Å². The molecule has 0 bridgehead atoms. The first kappa shape index (κ1) is 17.2. The Morgan fingerprint density at radius 3 is 2.78 bits per heavy atom. The number of anilines is 1. The Kier molecular flexibility index (Phi) is 6.38. The molecule has 2 aromatic carbocycles. The summed E-state index contributed by atoms with van der Waals surface area (Å²) in [5, 5.41) is 2.61. The van der Waals surface area contributed by atoms with Crippen molar-refractivity contribution in [2.24, 2.45) is 0 Å². The van der Waals surface area contributed by atoms with E-state index < -0.39 is 5.82 Å². The second-order valence-corrected chi connectivity index (χ2v) is 5.06. The molecular weight excluding hydrogens is 321 g/mol. The number of carbonyl (C=O) groups excluding carboxylic acids is 1. The van der Waals surface area contributed by atoms with Gasteiger partial charge in [0.1, 0.15) is 18.2 Å². The average Bonchev–Trinajstić information content (AvgIpc) is 2.55. The van der Waals surface area contributed by atoms with Gasteiger partial charge in [-0.15, -0.1) is 0 Å². The van der Waals surface area contributed by atoms with Crippen molar-refractivity contribution in [3.05, 3.63) is 58.9 Å². The molecule has 0 heterocycles. The van der Waals surface area contributed by atoms with E-state index in [1.54, 1.807) is 24.3 Å². The Hall–Kier alpha value is -2.11. The maximum Gasteiger partial charge on any atom is 0.255 e. The summed E-state index contributed by atoms with van der Waals surface area (Å²) in [5.41, 5.74) is 0.850. The van der Waals surface area contributed by atoms with Crippen molar-refractivity contribution in [2.75, 3.05) is 25.1 Å². The van der Waals surface area contributed by atoms with Crippen LogP contribution in [0, 0.1) is 5.82 Å². The van der Waals surface area contributed by atoms with Gasteiger partial charge in [0.05, 0.1) is 11.6 Å². The summed E-state index contributed by atoms with van der Waals surface area (Å²) in [6.07, 6.45) is 0. The Morgan fingerprint density at radius 1 is 1.22 bits per heavy atom. The molecule has 6 heteroatoms. The summed E-state index contributed by atoms with van der Waals surface area (Å²) in [5.74, 6) is -0.285. The number of amides is 1. The molecule has 122 valence electrons. The van der Waals surface area contributed by atoms with Crippen molar-refractivity contribution in [1.29, 1.82) is 0 Å². The largest absolute Gasteiger partial charge is 0.491 e. The number of nitrogens with one attached hydrogen (secondary N) is 1. The fraction of sp³-hybridized carbons (Fsp3) is 0.235. The molecule has 0 aliphatic rings. The highest BCUT2D eigenvalue weighted by Gasteiger charge is 2.09. The van der Waals surface area contributed by atoms with Crippen LogP contribution in [0.25, 0.3) is 0 Å². The van der Waals surface area contributed by atoms with E-state index in [1.807, 2.05) is 6.92 Å². The molecule has 0 aliphatic carbocycles. The third-order valence-corrected chi connectivity index (χ3v) is 3.26. The van der Waals surface area contributed by atoms with Crippen LogP contribution >= 0.6 is 11.6 Å². The predicted molar refractivity (Wildman–Crippen MR) is 87.8 cm³/mol. The lowest BCUT2D eigenvalue weighted by Crippen LogP contribution is -2.12. The summed E-state index contributed by atoms with van der Waals surface area (Å²) >= 11 is 5.69. The summed E-state index contributed by atoms with van der Waals surface area (Å²) in [6, 6.07) is 10.8. The van der Waals surface area contributed by atoms with E-state index in [0.29, 0.717) is 36.8 Å². The van der Waals surface area contributed by atoms with Gasteiger partial charge in [-0.2, -0.15) is 0 Å². The third-order valence-electron chi connectivity index (χ3n) is 2.97. The molecule has 0 saturated carbocycles. The van der Waals surface area contributed by atoms with Gasteiger partial charge in [0.25, 0.3) is 5.91 Å². The van der Waals surface area contributed by atoms with Gasteiger partial charge in [-0.25, -0.2) is 4.39 Å². The minimum atomic E-state index is -0.533. The zero-order chi connectivity index (χ0) is 16.7. The number of rotatable bonds is 7. The normalized spacial score (nSPS) is 10.4. The second-order valence-electron chi connectivity index (χ2n) is 4.66. The summed E-state index contributed by atoms with van der Waals surface area (Å²) in [6.45, 7) is 3.44. The fourth-order valence-corrected chi connectivity index (χ4v) is 2.05. The maximum absolute atomic E-state index is 13.1. The van der Waals surface area contributed by atoms with Gasteiger partial charge < -0.3 is 14.8 Å². The minimum absolute atomic E-state index is 0.0455. The molecule has 0 radical (unpaired) electrons. The highest BCUT2D eigenvalue weighted by Crippen LogP contribution is 2.20. The summed E-state index contributed by atoms with van der Waals surface area (Å²) < 4.78 is 23.8. The maximum atomic E-state index is 13.1. The van der Waals surface area contributed by atoms with Crippen molar-refractivity contribution in [3.63, 3.8) is 0 Å². The topological polar surface area (TPSA) is 47.6 Å². The summed E-state index contributed by atoms with van der Waals surface area (Å²) in [7, 11) is 0. The molecular formula is C17H17ClFNO3. The molecule has 0 saturated heterocycles. The van der Waals surface area contributed by atoms with E-state index in [2.05, 4.69) is 5.32 Å². The van der Waals surface area contributed by atoms with Crippen molar-refractivity contribution < 1.29 is 18.7 Å². The highest BCUT2D eigenvalue weighted by molar-refractivity contribution is 6.31. The molecule has 0 aliphatic heterocycles. The lowest BCUT2D eigenvalue weighted by molar-refractivity contribution is 0.102.